The largest absolute Gasteiger partial charge is 0.497 e. The molecule has 6 nitrogen and oxygen atoms in total. The molecule has 2 fully saturated rings. The van der Waals surface area contributed by atoms with Gasteiger partial charge in [-0.3, -0.25) is 9.59 Å². The molecule has 1 aromatic rings. The number of hydrogen-bond donors (Lipinski definition) is 0. The number of rotatable bonds is 4. The van der Waals surface area contributed by atoms with Gasteiger partial charge < -0.3 is 9.47 Å². The van der Waals surface area contributed by atoms with Gasteiger partial charge in [-0.2, -0.15) is 10.1 Å². The van der Waals surface area contributed by atoms with Crippen LogP contribution in [0, 0.1) is 23.7 Å². The number of carbonyl (C=O) groups excluding carboxylic acids is 2. The lowest BCUT2D eigenvalue weighted by Crippen LogP contribution is -2.38. The quantitative estimate of drug-likeness (QED) is 0.479. The molecule has 2 bridgehead atoms. The number of methoxy groups -OCH3 is 2. The SMILES string of the molecule is COc1ccc(OC)c(/C=N\N2C(=O)[C@H]3[C@H](C2=O)[C@H]2C=C[C@H]3CC2)c1. The first kappa shape index (κ1) is 15.9. The summed E-state index contributed by atoms with van der Waals surface area (Å²) in [5.74, 6) is 0.705. The van der Waals surface area contributed by atoms with Crippen LogP contribution < -0.4 is 9.47 Å². The van der Waals surface area contributed by atoms with Crippen molar-refractivity contribution >= 4 is 18.0 Å². The van der Waals surface area contributed by atoms with Gasteiger partial charge in [0.15, 0.2) is 0 Å². The Bertz CT molecular complexity index is 754. The molecule has 0 spiro atoms. The van der Waals surface area contributed by atoms with Gasteiger partial charge in [0, 0.05) is 5.56 Å². The van der Waals surface area contributed by atoms with Crippen LogP contribution in [0.3, 0.4) is 0 Å². The Kier molecular flexibility index (Phi) is 3.82. The smallest absolute Gasteiger partial charge is 0.254 e. The number of fused-ring (bicyclic) bond motifs is 1. The van der Waals surface area contributed by atoms with E-state index in [-0.39, 0.29) is 35.5 Å². The van der Waals surface area contributed by atoms with Gasteiger partial charge in [0.05, 0.1) is 32.3 Å². The molecule has 1 saturated heterocycles. The van der Waals surface area contributed by atoms with Crippen LogP contribution in [0.15, 0.2) is 35.5 Å². The van der Waals surface area contributed by atoms with Gasteiger partial charge in [0.25, 0.3) is 11.8 Å². The fraction of sp³-hybridized carbons (Fsp3) is 0.421. The van der Waals surface area contributed by atoms with Gasteiger partial charge in [0.1, 0.15) is 11.5 Å². The molecule has 25 heavy (non-hydrogen) atoms. The van der Waals surface area contributed by atoms with E-state index in [1.165, 1.54) is 6.21 Å². The Hall–Kier alpha value is -2.63. The first-order valence-corrected chi connectivity index (χ1v) is 8.46. The van der Waals surface area contributed by atoms with E-state index in [0.717, 1.165) is 17.9 Å². The summed E-state index contributed by atoms with van der Waals surface area (Å²) in [4.78, 5) is 25.5. The zero-order valence-electron chi connectivity index (χ0n) is 14.2. The van der Waals surface area contributed by atoms with E-state index in [4.69, 9.17) is 9.47 Å². The molecule has 4 atom stereocenters. The van der Waals surface area contributed by atoms with E-state index < -0.39 is 0 Å². The number of ether oxygens (including phenoxy) is 2. The van der Waals surface area contributed by atoms with Crippen LogP contribution >= 0.6 is 0 Å². The van der Waals surface area contributed by atoms with Crippen LogP contribution in [0.5, 0.6) is 11.5 Å². The predicted octanol–water partition coefficient (Wildman–Crippen LogP) is 2.23. The Morgan fingerprint density at radius 3 is 2.20 bits per heavy atom. The number of allylic oxidation sites excluding steroid dienone is 2. The minimum atomic E-state index is -0.249. The third-order valence-corrected chi connectivity index (χ3v) is 5.49. The summed E-state index contributed by atoms with van der Waals surface area (Å²) in [6.45, 7) is 0. The second kappa shape index (κ2) is 6.02. The van der Waals surface area contributed by atoms with E-state index in [2.05, 4.69) is 17.3 Å². The van der Waals surface area contributed by atoms with Gasteiger partial charge in [-0.05, 0) is 42.9 Å². The molecule has 1 heterocycles. The highest BCUT2D eigenvalue weighted by molar-refractivity contribution is 6.06. The van der Waals surface area contributed by atoms with E-state index in [1.807, 2.05) is 0 Å². The molecule has 5 rings (SSSR count). The number of imide groups is 1. The van der Waals surface area contributed by atoms with Crippen LogP contribution in [0.1, 0.15) is 18.4 Å². The number of hydrogen-bond acceptors (Lipinski definition) is 5. The van der Waals surface area contributed by atoms with Crippen LogP contribution in [0.4, 0.5) is 0 Å². The maximum Gasteiger partial charge on any atom is 0.254 e. The summed E-state index contributed by atoms with van der Waals surface area (Å²) in [7, 11) is 3.13. The average Bonchev–Trinajstić information content (AvgIpc) is 2.93. The molecular formula is C19H20N2O4. The molecule has 0 radical (unpaired) electrons. The van der Waals surface area contributed by atoms with Crippen LogP contribution in [-0.4, -0.2) is 37.3 Å². The summed E-state index contributed by atoms with van der Waals surface area (Å²) < 4.78 is 10.5. The lowest BCUT2D eigenvalue weighted by Gasteiger charge is -2.37. The molecule has 130 valence electrons. The Labute approximate surface area is 146 Å². The molecule has 3 aliphatic carbocycles. The maximum absolute atomic E-state index is 12.7. The van der Waals surface area contributed by atoms with E-state index in [9.17, 15) is 9.59 Å². The molecule has 1 aliphatic heterocycles. The number of carbonyl (C=O) groups is 2. The number of nitrogens with zero attached hydrogens (tertiary/aromatic N) is 2. The van der Waals surface area contributed by atoms with Gasteiger partial charge in [0.2, 0.25) is 0 Å². The molecular weight excluding hydrogens is 320 g/mol. The highest BCUT2D eigenvalue weighted by Crippen LogP contribution is 2.49. The normalized spacial score (nSPS) is 30.2. The van der Waals surface area contributed by atoms with E-state index in [1.54, 1.807) is 32.4 Å². The van der Waals surface area contributed by atoms with Crippen molar-refractivity contribution in [2.75, 3.05) is 14.2 Å². The lowest BCUT2D eigenvalue weighted by atomic mass is 9.63. The first-order chi connectivity index (χ1) is 12.1. The maximum atomic E-state index is 12.7. The highest BCUT2D eigenvalue weighted by Gasteiger charge is 2.56. The molecule has 6 heteroatoms. The number of benzene rings is 1. The number of amides is 2. The molecule has 0 aromatic heterocycles. The minimum absolute atomic E-state index is 0.165. The fourth-order valence-corrected chi connectivity index (χ4v) is 4.23. The summed E-state index contributed by atoms with van der Waals surface area (Å²) in [5, 5.41) is 5.25. The lowest BCUT2D eigenvalue weighted by molar-refractivity contribution is -0.140. The summed E-state index contributed by atoms with van der Waals surface area (Å²) in [6, 6.07) is 5.30. The summed E-state index contributed by atoms with van der Waals surface area (Å²) >= 11 is 0. The standard InChI is InChI=1S/C19H20N2O4/c1-24-14-7-8-15(25-2)13(9-14)10-20-21-18(22)16-11-3-4-12(6-5-11)17(16)19(21)23/h3-4,7-12,16-17H,5-6H2,1-2H3/b20-10-/t11-,12-,16+,17+/m0/s1. The van der Waals surface area contributed by atoms with Gasteiger partial charge in [-0.15, -0.1) is 0 Å². The summed E-state index contributed by atoms with van der Waals surface area (Å²) in [6.07, 6.45) is 7.63. The summed E-state index contributed by atoms with van der Waals surface area (Å²) in [5.41, 5.74) is 0.651. The molecule has 1 aromatic carbocycles. The van der Waals surface area contributed by atoms with Crippen LogP contribution in [-0.2, 0) is 9.59 Å². The molecule has 4 aliphatic rings. The third kappa shape index (κ3) is 2.44. The van der Waals surface area contributed by atoms with Gasteiger partial charge in [-0.1, -0.05) is 12.2 Å². The zero-order chi connectivity index (χ0) is 17.6. The second-order valence-corrected chi connectivity index (χ2v) is 6.68. The average molecular weight is 340 g/mol. The van der Waals surface area contributed by atoms with Crippen molar-refractivity contribution in [2.24, 2.45) is 28.8 Å². The topological polar surface area (TPSA) is 68.2 Å². The predicted molar refractivity (Wildman–Crippen MR) is 91.3 cm³/mol. The van der Waals surface area contributed by atoms with Crippen molar-refractivity contribution in [3.8, 4) is 11.5 Å². The molecule has 0 unspecified atom stereocenters. The van der Waals surface area contributed by atoms with Crippen LogP contribution in [0.25, 0.3) is 0 Å². The monoisotopic (exact) mass is 340 g/mol. The second-order valence-electron chi connectivity index (χ2n) is 6.68. The van der Waals surface area contributed by atoms with Crippen molar-refractivity contribution in [1.29, 1.82) is 0 Å². The van der Waals surface area contributed by atoms with Crippen molar-refractivity contribution in [3.63, 3.8) is 0 Å². The molecule has 0 N–H and O–H groups in total. The number of hydrazone groups is 1. The van der Waals surface area contributed by atoms with Gasteiger partial charge in [-0.25, -0.2) is 0 Å². The van der Waals surface area contributed by atoms with Crippen molar-refractivity contribution < 1.29 is 19.1 Å². The third-order valence-electron chi connectivity index (χ3n) is 5.49. The Balaban J connectivity index is 1.63. The van der Waals surface area contributed by atoms with E-state index in [0.29, 0.717) is 17.1 Å². The first-order valence-electron chi connectivity index (χ1n) is 8.46. The van der Waals surface area contributed by atoms with Crippen molar-refractivity contribution in [3.05, 3.63) is 35.9 Å². The minimum Gasteiger partial charge on any atom is -0.497 e. The highest BCUT2D eigenvalue weighted by atomic mass is 16.5. The van der Waals surface area contributed by atoms with Crippen molar-refractivity contribution in [2.45, 2.75) is 12.8 Å². The van der Waals surface area contributed by atoms with Crippen LogP contribution in [0.2, 0.25) is 0 Å². The molecule has 2 amide bonds. The van der Waals surface area contributed by atoms with Crippen molar-refractivity contribution in [1.82, 2.24) is 5.01 Å². The Morgan fingerprint density at radius 2 is 1.68 bits per heavy atom. The Morgan fingerprint density at radius 1 is 1.04 bits per heavy atom. The van der Waals surface area contributed by atoms with E-state index >= 15 is 0 Å². The zero-order valence-corrected chi connectivity index (χ0v) is 14.2. The molecule has 1 saturated carbocycles. The fourth-order valence-electron chi connectivity index (χ4n) is 4.23. The van der Waals surface area contributed by atoms with Gasteiger partial charge >= 0.3 is 0 Å².